The molecular formula is C60H81N9O7. The van der Waals surface area contributed by atoms with Gasteiger partial charge in [0.1, 0.15) is 18.1 Å². The molecule has 4 aromatic rings. The average Bonchev–Trinajstić information content (AvgIpc) is 4.19. The van der Waals surface area contributed by atoms with Crippen molar-refractivity contribution in [2.24, 2.45) is 17.3 Å². The van der Waals surface area contributed by atoms with Gasteiger partial charge in [0.25, 0.3) is 5.91 Å². The lowest BCUT2D eigenvalue weighted by molar-refractivity contribution is -0.155. The number of carbonyl (C=O) groups excluding carboxylic acids is 5. The van der Waals surface area contributed by atoms with Crippen molar-refractivity contribution in [2.45, 2.75) is 156 Å². The van der Waals surface area contributed by atoms with E-state index in [0.29, 0.717) is 64.6 Å². The number of aryl methyl sites for hydroxylation is 2. The van der Waals surface area contributed by atoms with Crippen LogP contribution < -0.4 is 15.6 Å². The second-order valence-electron chi connectivity index (χ2n) is 23.7. The molecule has 76 heavy (non-hydrogen) atoms. The molecule has 2 aromatic heterocycles. The predicted molar refractivity (Wildman–Crippen MR) is 294 cm³/mol. The number of esters is 1. The van der Waals surface area contributed by atoms with E-state index in [1.165, 1.54) is 17.9 Å². The summed E-state index contributed by atoms with van der Waals surface area (Å²) in [5.74, 6) is -2.17. The Morgan fingerprint density at radius 3 is 2.34 bits per heavy atom. The number of likely N-dealkylation sites (N-methyl/N-ethyl adjacent to an activating group) is 1. The van der Waals surface area contributed by atoms with Gasteiger partial charge in [-0.15, -0.1) is 0 Å². The Morgan fingerprint density at radius 2 is 1.63 bits per heavy atom. The van der Waals surface area contributed by atoms with Crippen molar-refractivity contribution in [3.8, 4) is 22.4 Å². The highest BCUT2D eigenvalue weighted by molar-refractivity contribution is 5.96. The Hall–Kier alpha value is -5.84. The number of piperazine rings is 1. The molecule has 2 N–H and O–H groups in total. The fourth-order valence-electron chi connectivity index (χ4n) is 13.2. The van der Waals surface area contributed by atoms with E-state index in [-0.39, 0.29) is 48.8 Å². The van der Waals surface area contributed by atoms with E-state index < -0.39 is 41.3 Å². The van der Waals surface area contributed by atoms with Crippen molar-refractivity contribution in [2.75, 3.05) is 64.9 Å². The number of hydrogen-bond donors (Lipinski definition) is 2. The summed E-state index contributed by atoms with van der Waals surface area (Å²) < 4.78 is 14.8. The van der Waals surface area contributed by atoms with Crippen molar-refractivity contribution in [3.05, 3.63) is 71.0 Å². The number of hydrogen-bond acceptors (Lipinski definition) is 11. The summed E-state index contributed by atoms with van der Waals surface area (Å²) in [7, 11) is 3.41. The number of nitrogens with zero attached hydrogens (tertiary/aromatic N) is 7. The summed E-state index contributed by atoms with van der Waals surface area (Å²) in [4.78, 5) is 86.1. The normalized spacial score (nSPS) is 25.4. The summed E-state index contributed by atoms with van der Waals surface area (Å²) in [5, 5.41) is 5.72. The topological polar surface area (TPSA) is 162 Å². The van der Waals surface area contributed by atoms with Gasteiger partial charge in [0.15, 0.2) is 0 Å². The van der Waals surface area contributed by atoms with Crippen LogP contribution in [-0.4, -0.2) is 149 Å². The monoisotopic (exact) mass is 1040 g/mol. The molecule has 5 aliphatic heterocycles. The summed E-state index contributed by atoms with van der Waals surface area (Å²) >= 11 is 0. The molecule has 6 atom stereocenters. The summed E-state index contributed by atoms with van der Waals surface area (Å²) in [6.07, 6.45) is 8.06. The summed E-state index contributed by atoms with van der Waals surface area (Å²) in [5.41, 5.74) is 12.8. The Kier molecular flexibility index (Phi) is 15.4. The van der Waals surface area contributed by atoms with Crippen LogP contribution >= 0.6 is 0 Å². The molecule has 1 aliphatic carbocycles. The number of cyclic esters (lactones) is 1. The number of amides is 4. The number of benzene rings is 2. The standard InChI is InChI=1S/C60H81N9O7/c1-10-52(70)68-22-20-44-50(68)18-14-38-27-39-29-41(28-38)40-15-19-51-45(31-40)47(55(67(51)11-2)46-32-43(34-61-53(46)37(5)75-9)66-25-23-65(24-26-66)42-16-17-42)33-60(6,7)35-76-59(74)48-13-12-21-69(63-48)58(73)49(30-39)62-56(71)54(36(3)4)64(8)57(44)72/h15,19,27-29,31-32,34,36-37,42,44,48-50,54,63H,10-14,16-18,20-26,30,33,35H2,1-9H3,(H,62,71)/t37-,44-,48-,49-,50+,54-/m0/s1. The number of hydrazine groups is 1. The van der Waals surface area contributed by atoms with Crippen molar-refractivity contribution in [1.82, 2.24) is 40.0 Å². The zero-order valence-corrected chi connectivity index (χ0v) is 46.5. The number of rotatable bonds is 8. The second-order valence-corrected chi connectivity index (χ2v) is 23.7. The molecular weight excluding hydrogens is 959 g/mol. The molecule has 408 valence electrons. The van der Waals surface area contributed by atoms with Crippen LogP contribution in [-0.2, 0) is 59.3 Å². The molecule has 2 aromatic carbocycles. The fourth-order valence-corrected chi connectivity index (χ4v) is 13.2. The van der Waals surface area contributed by atoms with Crippen LogP contribution in [0.4, 0.5) is 5.69 Å². The quantitative estimate of drug-likeness (QED) is 0.174. The predicted octanol–water partition coefficient (Wildman–Crippen LogP) is 7.09. The van der Waals surface area contributed by atoms with Gasteiger partial charge in [0.2, 0.25) is 17.7 Å². The van der Waals surface area contributed by atoms with Crippen LogP contribution in [0.3, 0.4) is 0 Å². The van der Waals surface area contributed by atoms with Gasteiger partial charge in [-0.05, 0) is 117 Å². The van der Waals surface area contributed by atoms with Gasteiger partial charge in [-0.1, -0.05) is 58.9 Å². The molecule has 16 nitrogen and oxygen atoms in total. The minimum Gasteiger partial charge on any atom is -0.464 e. The molecule has 1 saturated carbocycles. The van der Waals surface area contributed by atoms with Crippen LogP contribution in [0.15, 0.2) is 48.7 Å². The molecule has 6 aliphatic rings. The highest BCUT2D eigenvalue weighted by Crippen LogP contribution is 2.44. The number of fused-ring (bicyclic) bond motifs is 8. The molecule has 7 heterocycles. The lowest BCUT2D eigenvalue weighted by Gasteiger charge is -2.37. The largest absolute Gasteiger partial charge is 0.464 e. The third-order valence-electron chi connectivity index (χ3n) is 17.4. The van der Waals surface area contributed by atoms with Crippen molar-refractivity contribution in [1.29, 1.82) is 0 Å². The smallest absolute Gasteiger partial charge is 0.324 e. The highest BCUT2D eigenvalue weighted by atomic mass is 16.5. The van der Waals surface area contributed by atoms with Crippen molar-refractivity contribution < 1.29 is 33.4 Å². The highest BCUT2D eigenvalue weighted by Gasteiger charge is 2.45. The number of anilines is 1. The molecule has 4 fully saturated rings. The second kappa shape index (κ2) is 21.9. The van der Waals surface area contributed by atoms with E-state index in [0.717, 1.165) is 93.6 Å². The lowest BCUT2D eigenvalue weighted by Crippen LogP contribution is -2.62. The maximum atomic E-state index is 15.0. The molecule has 4 amide bonds. The van der Waals surface area contributed by atoms with Crippen LogP contribution in [0, 0.1) is 17.3 Å². The van der Waals surface area contributed by atoms with Crippen molar-refractivity contribution >= 4 is 46.2 Å². The zero-order valence-electron chi connectivity index (χ0n) is 46.5. The number of aromatic nitrogens is 2. The van der Waals surface area contributed by atoms with E-state index in [9.17, 15) is 19.2 Å². The number of pyridine rings is 1. The number of likely N-dealkylation sites (tertiary alicyclic amines) is 1. The maximum Gasteiger partial charge on any atom is 0.324 e. The summed E-state index contributed by atoms with van der Waals surface area (Å²) in [6, 6.07) is 13.2. The number of ether oxygens (including phenoxy) is 2. The van der Waals surface area contributed by atoms with E-state index in [2.05, 4.69) is 95.3 Å². The van der Waals surface area contributed by atoms with Gasteiger partial charge >= 0.3 is 5.97 Å². The first-order chi connectivity index (χ1) is 36.5. The van der Waals surface area contributed by atoms with Crippen molar-refractivity contribution in [3.63, 3.8) is 0 Å². The zero-order chi connectivity index (χ0) is 53.7. The van der Waals surface area contributed by atoms with Gasteiger partial charge < -0.3 is 34.1 Å². The van der Waals surface area contributed by atoms with E-state index >= 15 is 4.79 Å². The Balaban J connectivity index is 1.15. The van der Waals surface area contributed by atoms with Gasteiger partial charge in [-0.25, -0.2) is 5.43 Å². The first kappa shape index (κ1) is 53.6. The Bertz CT molecular complexity index is 2870. The number of carbonyl (C=O) groups is 5. The Labute approximate surface area is 449 Å². The molecule has 0 radical (unpaired) electrons. The molecule has 0 spiro atoms. The molecule has 0 unspecified atom stereocenters. The van der Waals surface area contributed by atoms with Gasteiger partial charge in [-0.3, -0.25) is 38.9 Å². The molecule has 10 rings (SSSR count). The van der Waals surface area contributed by atoms with E-state index in [1.54, 1.807) is 19.1 Å². The molecule has 16 heteroatoms. The van der Waals surface area contributed by atoms with E-state index in [4.69, 9.17) is 14.5 Å². The first-order valence-corrected chi connectivity index (χ1v) is 28.4. The first-order valence-electron chi connectivity index (χ1n) is 28.4. The van der Waals surface area contributed by atoms with E-state index in [1.807, 2.05) is 31.9 Å². The Morgan fingerprint density at radius 1 is 0.868 bits per heavy atom. The molecule has 3 saturated heterocycles. The third kappa shape index (κ3) is 10.6. The average molecular weight is 1040 g/mol. The molecule has 8 bridgehead atoms. The van der Waals surface area contributed by atoms with Crippen LogP contribution in [0.25, 0.3) is 33.3 Å². The SMILES string of the molecule is CCC(=O)N1CC[C@@H]2C(=O)N(C)[C@@H](C(C)C)C(=O)N[C@H]3Cc4cc(cc(c4)-c4ccc5c(c4)c(c(-c4cc(N6CCN(C7CC7)CC6)cnc4[C@H](C)OC)n5CC)CC(C)(C)COC(=O)[C@@H]4CCCN(N4)C3=O)CC[C@H]21. The van der Waals surface area contributed by atoms with Crippen LogP contribution in [0.2, 0.25) is 0 Å². The van der Waals surface area contributed by atoms with Gasteiger partial charge in [-0.2, -0.15) is 0 Å². The van der Waals surface area contributed by atoms with Crippen LogP contribution in [0.5, 0.6) is 0 Å². The third-order valence-corrected chi connectivity index (χ3v) is 17.4. The minimum absolute atomic E-state index is 0.0168. The van der Waals surface area contributed by atoms with Gasteiger partial charge in [0.05, 0.1) is 41.9 Å². The lowest BCUT2D eigenvalue weighted by atomic mass is 9.84. The fraction of sp³-hybridized carbons (Fsp3) is 0.600. The van der Waals surface area contributed by atoms with Gasteiger partial charge in [0, 0.05) is 107 Å². The maximum absolute atomic E-state index is 15.0. The summed E-state index contributed by atoms with van der Waals surface area (Å²) in [6.45, 7) is 19.8. The van der Waals surface area contributed by atoms with Crippen LogP contribution in [0.1, 0.15) is 122 Å². The number of nitrogens with one attached hydrogen (secondary N) is 2. The minimum atomic E-state index is -1.04. The number of methoxy groups -OCH3 is 1.